The Kier molecular flexibility index (Phi) is 4.43. The fourth-order valence-corrected chi connectivity index (χ4v) is 2.72. The van der Waals surface area contributed by atoms with Gasteiger partial charge in [0.1, 0.15) is 0 Å². The van der Waals surface area contributed by atoms with Crippen LogP contribution in [0.3, 0.4) is 0 Å². The van der Waals surface area contributed by atoms with Crippen LogP contribution in [-0.4, -0.2) is 16.8 Å². The summed E-state index contributed by atoms with van der Waals surface area (Å²) in [6.07, 6.45) is 1.60. The minimum Gasteiger partial charge on any atom is -0.350 e. The second kappa shape index (κ2) is 6.08. The molecule has 0 saturated heterocycles. The van der Waals surface area contributed by atoms with Gasteiger partial charge in [-0.3, -0.25) is 0 Å². The minimum atomic E-state index is -0.673. The first-order valence-corrected chi connectivity index (χ1v) is 7.11. The van der Waals surface area contributed by atoms with E-state index in [1.54, 1.807) is 6.21 Å². The number of hydrogen-bond acceptors (Lipinski definition) is 2. The van der Waals surface area contributed by atoms with Crippen molar-refractivity contribution in [1.29, 1.82) is 0 Å². The number of carbonyl (C=O) groups is 1. The first-order valence-electron chi connectivity index (χ1n) is 6.03. The van der Waals surface area contributed by atoms with E-state index < -0.39 is 6.03 Å². The zero-order valence-corrected chi connectivity index (χ0v) is 13.4. The van der Waals surface area contributed by atoms with Crippen molar-refractivity contribution in [2.24, 2.45) is 10.8 Å². The number of aryl methyl sites for hydroxylation is 1. The fourth-order valence-electron chi connectivity index (χ4n) is 2.09. The number of nitrogens with zero attached hydrogens (tertiary/aromatic N) is 2. The predicted molar refractivity (Wildman–Crippen MR) is 88.3 cm³/mol. The molecule has 5 nitrogen and oxygen atoms in total. The number of hydrogen-bond donors (Lipinski definition) is 2. The van der Waals surface area contributed by atoms with Crippen LogP contribution in [0.2, 0.25) is 0 Å². The summed E-state index contributed by atoms with van der Waals surface area (Å²) in [7, 11) is 0. The Labute approximate surface area is 131 Å². The summed E-state index contributed by atoms with van der Waals surface area (Å²) in [6, 6.07) is 9.51. The maximum Gasteiger partial charge on any atom is 0.332 e. The lowest BCUT2D eigenvalue weighted by Crippen LogP contribution is -2.24. The number of halogens is 1. The Morgan fingerprint density at radius 1 is 1.40 bits per heavy atom. The first kappa shape index (κ1) is 14.6. The molecule has 0 aliphatic carbocycles. The molecule has 1 heterocycles. The highest BCUT2D eigenvalue weighted by molar-refractivity contribution is 14.1. The highest BCUT2D eigenvalue weighted by Gasteiger charge is 2.11. The quantitative estimate of drug-likeness (QED) is 0.478. The van der Waals surface area contributed by atoms with Gasteiger partial charge in [-0.1, -0.05) is 12.1 Å². The number of hydrazone groups is 1. The third kappa shape index (κ3) is 3.01. The van der Waals surface area contributed by atoms with Crippen LogP contribution in [0, 0.1) is 17.4 Å². The monoisotopic (exact) mass is 382 g/mol. The topological polar surface area (TPSA) is 72.4 Å². The molecule has 1 aromatic heterocycles. The number of aromatic nitrogens is 1. The van der Waals surface area contributed by atoms with Crippen LogP contribution in [0.25, 0.3) is 5.69 Å². The summed E-state index contributed by atoms with van der Waals surface area (Å²) in [6.45, 7) is 4.05. The van der Waals surface area contributed by atoms with Crippen LogP contribution in [0.1, 0.15) is 17.0 Å². The second-order valence-corrected chi connectivity index (χ2v) is 5.51. The third-order valence-electron chi connectivity index (χ3n) is 2.94. The predicted octanol–water partition coefficient (Wildman–Crippen LogP) is 2.70. The molecule has 1 aromatic carbocycles. The number of benzene rings is 1. The molecule has 0 atom stereocenters. The molecule has 0 saturated carbocycles. The lowest BCUT2D eigenvalue weighted by atomic mass is 10.2. The van der Waals surface area contributed by atoms with E-state index in [4.69, 9.17) is 5.73 Å². The molecule has 0 spiro atoms. The van der Waals surface area contributed by atoms with Gasteiger partial charge >= 0.3 is 6.03 Å². The molecule has 0 unspecified atom stereocenters. The van der Waals surface area contributed by atoms with Gasteiger partial charge in [-0.15, -0.1) is 0 Å². The average molecular weight is 382 g/mol. The Morgan fingerprint density at radius 3 is 2.75 bits per heavy atom. The molecule has 2 amide bonds. The van der Waals surface area contributed by atoms with Gasteiger partial charge < -0.3 is 10.3 Å². The number of primary amides is 1. The first-order chi connectivity index (χ1) is 9.50. The average Bonchev–Trinajstić information content (AvgIpc) is 2.65. The molecule has 2 aromatic rings. The van der Waals surface area contributed by atoms with E-state index in [0.717, 1.165) is 22.6 Å². The fraction of sp³-hybridized carbons (Fsp3) is 0.143. The number of carbonyl (C=O) groups excluding carboxylic acids is 1. The molecule has 3 N–H and O–H groups in total. The van der Waals surface area contributed by atoms with Gasteiger partial charge in [0.15, 0.2) is 0 Å². The highest BCUT2D eigenvalue weighted by Crippen LogP contribution is 2.23. The Bertz CT molecular complexity index is 676. The molecule has 2 rings (SSSR count). The number of nitrogens with two attached hydrogens (primary N) is 1. The summed E-state index contributed by atoms with van der Waals surface area (Å²) in [5.41, 5.74) is 11.4. The van der Waals surface area contributed by atoms with Gasteiger partial charge in [0.2, 0.25) is 0 Å². The maximum absolute atomic E-state index is 10.6. The molecule has 0 aliphatic heterocycles. The van der Waals surface area contributed by atoms with Crippen LogP contribution in [0.5, 0.6) is 0 Å². The minimum absolute atomic E-state index is 0.673. The SMILES string of the molecule is Cc1cc(/C=N\NC(N)=O)c(C)n1-c1ccccc1I. The van der Waals surface area contributed by atoms with E-state index in [-0.39, 0.29) is 0 Å². The number of para-hydroxylation sites is 1. The lowest BCUT2D eigenvalue weighted by molar-refractivity contribution is 0.249. The van der Waals surface area contributed by atoms with Gasteiger partial charge in [-0.2, -0.15) is 5.10 Å². The maximum atomic E-state index is 10.6. The van der Waals surface area contributed by atoms with Crippen molar-refractivity contribution in [2.75, 3.05) is 0 Å². The van der Waals surface area contributed by atoms with Gasteiger partial charge in [0.05, 0.1) is 11.9 Å². The standard InChI is InChI=1S/C14H15IN4O/c1-9-7-11(8-17-18-14(16)20)10(2)19(9)13-6-4-3-5-12(13)15/h3-8H,1-2H3,(H3,16,18,20)/b17-8-. The van der Waals surface area contributed by atoms with E-state index in [0.29, 0.717) is 0 Å². The van der Waals surface area contributed by atoms with Gasteiger partial charge in [0.25, 0.3) is 0 Å². The van der Waals surface area contributed by atoms with Gasteiger partial charge in [-0.25, -0.2) is 10.2 Å². The van der Waals surface area contributed by atoms with Crippen LogP contribution in [0.15, 0.2) is 35.4 Å². The molecular formula is C14H15IN4O. The van der Waals surface area contributed by atoms with Crippen molar-refractivity contribution in [3.8, 4) is 5.69 Å². The van der Waals surface area contributed by atoms with Crippen molar-refractivity contribution in [3.63, 3.8) is 0 Å². The van der Waals surface area contributed by atoms with Crippen molar-refractivity contribution < 1.29 is 4.79 Å². The summed E-state index contributed by atoms with van der Waals surface area (Å²) >= 11 is 2.32. The molecule has 0 radical (unpaired) electrons. The van der Waals surface area contributed by atoms with Crippen molar-refractivity contribution >= 4 is 34.8 Å². The summed E-state index contributed by atoms with van der Waals surface area (Å²) < 4.78 is 3.33. The number of nitrogens with one attached hydrogen (secondary N) is 1. The lowest BCUT2D eigenvalue weighted by Gasteiger charge is -2.11. The van der Waals surface area contributed by atoms with E-state index in [1.165, 1.54) is 3.57 Å². The van der Waals surface area contributed by atoms with Crippen LogP contribution in [0.4, 0.5) is 4.79 Å². The van der Waals surface area contributed by atoms with Crippen LogP contribution < -0.4 is 11.2 Å². The Balaban J connectivity index is 2.42. The molecule has 20 heavy (non-hydrogen) atoms. The smallest absolute Gasteiger partial charge is 0.332 e. The summed E-state index contributed by atoms with van der Waals surface area (Å²) in [5, 5.41) is 3.81. The van der Waals surface area contributed by atoms with Gasteiger partial charge in [0, 0.05) is 20.5 Å². The molecule has 6 heteroatoms. The number of rotatable bonds is 3. The van der Waals surface area contributed by atoms with E-state index >= 15 is 0 Å². The van der Waals surface area contributed by atoms with Crippen LogP contribution >= 0.6 is 22.6 Å². The summed E-state index contributed by atoms with van der Waals surface area (Å²) in [4.78, 5) is 10.6. The third-order valence-corrected chi connectivity index (χ3v) is 3.85. The molecule has 0 bridgehead atoms. The van der Waals surface area contributed by atoms with E-state index in [1.807, 2.05) is 32.0 Å². The van der Waals surface area contributed by atoms with Crippen molar-refractivity contribution in [3.05, 3.63) is 50.9 Å². The highest BCUT2D eigenvalue weighted by atomic mass is 127. The molecule has 0 fully saturated rings. The van der Waals surface area contributed by atoms with Crippen molar-refractivity contribution in [1.82, 2.24) is 9.99 Å². The van der Waals surface area contributed by atoms with E-state index in [2.05, 4.69) is 49.8 Å². The second-order valence-electron chi connectivity index (χ2n) is 4.35. The summed E-state index contributed by atoms with van der Waals surface area (Å²) in [5.74, 6) is 0. The Morgan fingerprint density at radius 2 is 2.10 bits per heavy atom. The van der Waals surface area contributed by atoms with E-state index in [9.17, 15) is 4.79 Å². The number of urea groups is 1. The van der Waals surface area contributed by atoms with Crippen molar-refractivity contribution in [2.45, 2.75) is 13.8 Å². The number of amides is 2. The largest absolute Gasteiger partial charge is 0.350 e. The molecule has 104 valence electrons. The van der Waals surface area contributed by atoms with Gasteiger partial charge in [-0.05, 0) is 54.6 Å². The zero-order valence-electron chi connectivity index (χ0n) is 11.2. The molecular weight excluding hydrogens is 367 g/mol. The zero-order chi connectivity index (χ0) is 14.7. The normalized spacial score (nSPS) is 10.9. The Hall–Kier alpha value is -1.83. The van der Waals surface area contributed by atoms with Crippen LogP contribution in [-0.2, 0) is 0 Å². The molecule has 0 aliphatic rings.